The fourth-order valence-corrected chi connectivity index (χ4v) is 5.04. The SMILES string of the molecule is CCN(CC)S(=O)(=O)c1ccc(C(=O)Nc2ccc(N3CCOCC3)cc2C(F)(F)F)cc1. The molecule has 2 aromatic carbocycles. The Morgan fingerprint density at radius 3 is 2.21 bits per heavy atom. The lowest BCUT2D eigenvalue weighted by atomic mass is 10.1. The van der Waals surface area contributed by atoms with Crippen LogP contribution in [0.3, 0.4) is 0 Å². The number of alkyl halides is 3. The van der Waals surface area contributed by atoms with E-state index >= 15 is 0 Å². The van der Waals surface area contributed by atoms with Gasteiger partial charge in [0, 0.05) is 37.4 Å². The molecule has 1 aliphatic rings. The predicted octanol–water partition coefficient (Wildman–Crippen LogP) is 3.82. The highest BCUT2D eigenvalue weighted by Gasteiger charge is 2.35. The lowest BCUT2D eigenvalue weighted by molar-refractivity contribution is -0.136. The molecule has 0 bridgehead atoms. The molecule has 2 aromatic rings. The van der Waals surface area contributed by atoms with Gasteiger partial charge in [-0.25, -0.2) is 8.42 Å². The van der Waals surface area contributed by atoms with Crippen LogP contribution in [-0.4, -0.2) is 58.0 Å². The van der Waals surface area contributed by atoms with Gasteiger partial charge in [-0.05, 0) is 42.5 Å². The summed E-state index contributed by atoms with van der Waals surface area (Å²) in [6.07, 6.45) is -4.67. The van der Waals surface area contributed by atoms with Crippen LogP contribution < -0.4 is 10.2 Å². The number of morpholine rings is 1. The standard InChI is InChI=1S/C22H26F3N3O4S/c1-3-28(4-2)33(30,31)18-8-5-16(6-9-18)21(29)26-20-10-7-17(15-19(20)22(23,24)25)27-11-13-32-14-12-27/h5-10,15H,3-4,11-14H2,1-2H3,(H,26,29). The number of halogens is 3. The fraction of sp³-hybridized carbons (Fsp3) is 0.409. The third kappa shape index (κ3) is 5.66. The molecule has 33 heavy (non-hydrogen) atoms. The molecule has 1 aliphatic heterocycles. The van der Waals surface area contributed by atoms with E-state index in [2.05, 4.69) is 5.32 Å². The van der Waals surface area contributed by atoms with Crippen molar-refractivity contribution in [1.82, 2.24) is 4.31 Å². The number of carbonyl (C=O) groups is 1. The molecule has 0 radical (unpaired) electrons. The lowest BCUT2D eigenvalue weighted by Gasteiger charge is -2.29. The van der Waals surface area contributed by atoms with Crippen LogP contribution in [0.25, 0.3) is 0 Å². The second kappa shape index (κ2) is 10.1. The summed E-state index contributed by atoms with van der Waals surface area (Å²) >= 11 is 0. The van der Waals surface area contributed by atoms with E-state index in [1.165, 1.54) is 40.7 Å². The van der Waals surface area contributed by atoms with E-state index in [1.807, 2.05) is 0 Å². The summed E-state index contributed by atoms with van der Waals surface area (Å²) in [5.74, 6) is -0.772. The van der Waals surface area contributed by atoms with Crippen LogP contribution in [0.4, 0.5) is 24.5 Å². The highest BCUT2D eigenvalue weighted by Crippen LogP contribution is 2.37. The molecule has 0 aromatic heterocycles. The number of nitrogens with one attached hydrogen (secondary N) is 1. The van der Waals surface area contributed by atoms with Gasteiger partial charge in [-0.15, -0.1) is 0 Å². The zero-order valence-corrected chi connectivity index (χ0v) is 19.2. The monoisotopic (exact) mass is 485 g/mol. The highest BCUT2D eigenvalue weighted by atomic mass is 32.2. The van der Waals surface area contributed by atoms with Gasteiger partial charge in [0.15, 0.2) is 0 Å². The van der Waals surface area contributed by atoms with Crippen LogP contribution in [0.2, 0.25) is 0 Å². The summed E-state index contributed by atoms with van der Waals surface area (Å²) in [6.45, 7) is 5.83. The van der Waals surface area contributed by atoms with Crippen molar-refractivity contribution in [3.63, 3.8) is 0 Å². The van der Waals surface area contributed by atoms with E-state index in [1.54, 1.807) is 18.7 Å². The molecule has 1 heterocycles. The van der Waals surface area contributed by atoms with Crippen LogP contribution in [0.5, 0.6) is 0 Å². The van der Waals surface area contributed by atoms with Crippen LogP contribution >= 0.6 is 0 Å². The maximum absolute atomic E-state index is 13.7. The Kier molecular flexibility index (Phi) is 7.65. The molecule has 1 saturated heterocycles. The summed E-state index contributed by atoms with van der Waals surface area (Å²) in [5.41, 5.74) is -0.890. The summed E-state index contributed by atoms with van der Waals surface area (Å²) in [5, 5.41) is 2.30. The van der Waals surface area contributed by atoms with Crippen molar-refractivity contribution in [3.05, 3.63) is 53.6 Å². The number of carbonyl (C=O) groups excluding carboxylic acids is 1. The van der Waals surface area contributed by atoms with Gasteiger partial charge in [-0.1, -0.05) is 13.8 Å². The first-order chi connectivity index (χ1) is 15.6. The molecule has 0 spiro atoms. The summed E-state index contributed by atoms with van der Waals surface area (Å²) in [4.78, 5) is 14.4. The molecule has 0 unspecified atom stereocenters. The van der Waals surface area contributed by atoms with E-state index in [0.717, 1.165) is 6.07 Å². The zero-order chi connectivity index (χ0) is 24.2. The van der Waals surface area contributed by atoms with Gasteiger partial charge in [0.1, 0.15) is 0 Å². The first-order valence-corrected chi connectivity index (χ1v) is 12.0. The van der Waals surface area contributed by atoms with Gasteiger partial charge in [-0.2, -0.15) is 17.5 Å². The predicted molar refractivity (Wildman–Crippen MR) is 119 cm³/mol. The van der Waals surface area contributed by atoms with Crippen molar-refractivity contribution < 1.29 is 31.1 Å². The molecular weight excluding hydrogens is 459 g/mol. The minimum atomic E-state index is -4.67. The Balaban J connectivity index is 1.83. The Bertz CT molecular complexity index is 1080. The van der Waals surface area contributed by atoms with Crippen molar-refractivity contribution in [2.75, 3.05) is 49.6 Å². The number of nitrogens with zero attached hydrogens (tertiary/aromatic N) is 2. The first-order valence-electron chi connectivity index (χ1n) is 10.5. The summed E-state index contributed by atoms with van der Waals surface area (Å²) in [7, 11) is -3.70. The first kappa shape index (κ1) is 25.0. The van der Waals surface area contributed by atoms with Gasteiger partial charge in [-0.3, -0.25) is 4.79 Å². The number of ether oxygens (including phenoxy) is 1. The molecule has 3 rings (SSSR count). The van der Waals surface area contributed by atoms with Gasteiger partial charge >= 0.3 is 6.18 Å². The van der Waals surface area contributed by atoms with Crippen molar-refractivity contribution in [1.29, 1.82) is 0 Å². The number of benzene rings is 2. The number of rotatable bonds is 7. The summed E-state index contributed by atoms with van der Waals surface area (Å²) < 4.78 is 72.8. The van der Waals surface area contributed by atoms with Crippen LogP contribution in [0, 0.1) is 0 Å². The quantitative estimate of drug-likeness (QED) is 0.645. The zero-order valence-electron chi connectivity index (χ0n) is 18.4. The largest absolute Gasteiger partial charge is 0.418 e. The van der Waals surface area contributed by atoms with Crippen molar-refractivity contribution in [2.45, 2.75) is 24.9 Å². The molecule has 0 saturated carbocycles. The van der Waals surface area contributed by atoms with E-state index in [9.17, 15) is 26.4 Å². The Morgan fingerprint density at radius 1 is 1.06 bits per heavy atom. The van der Waals surface area contributed by atoms with E-state index in [4.69, 9.17) is 4.74 Å². The Morgan fingerprint density at radius 2 is 1.67 bits per heavy atom. The van der Waals surface area contributed by atoms with E-state index in [0.29, 0.717) is 45.1 Å². The average Bonchev–Trinajstić information content (AvgIpc) is 2.80. The number of hydrogen-bond acceptors (Lipinski definition) is 5. The molecule has 11 heteroatoms. The molecule has 1 N–H and O–H groups in total. The second-order valence-corrected chi connectivity index (χ2v) is 9.33. The molecule has 0 atom stereocenters. The number of hydrogen-bond donors (Lipinski definition) is 1. The fourth-order valence-electron chi connectivity index (χ4n) is 3.58. The van der Waals surface area contributed by atoms with Crippen LogP contribution in [-0.2, 0) is 20.9 Å². The topological polar surface area (TPSA) is 79.0 Å². The molecule has 7 nitrogen and oxygen atoms in total. The molecule has 0 aliphatic carbocycles. The van der Waals surface area contributed by atoms with E-state index < -0.39 is 27.7 Å². The smallest absolute Gasteiger partial charge is 0.378 e. The Labute approximate surface area is 191 Å². The molecule has 1 amide bonds. The Hall–Kier alpha value is -2.63. The van der Waals surface area contributed by atoms with Gasteiger partial charge in [0.05, 0.1) is 29.4 Å². The summed E-state index contributed by atoms with van der Waals surface area (Å²) in [6, 6.07) is 8.87. The van der Waals surface area contributed by atoms with Gasteiger partial charge in [0.2, 0.25) is 10.0 Å². The lowest BCUT2D eigenvalue weighted by Crippen LogP contribution is -2.36. The van der Waals surface area contributed by atoms with E-state index in [-0.39, 0.29) is 16.1 Å². The number of anilines is 2. The third-order valence-electron chi connectivity index (χ3n) is 5.39. The van der Waals surface area contributed by atoms with Crippen molar-refractivity contribution in [3.8, 4) is 0 Å². The van der Waals surface area contributed by atoms with Crippen LogP contribution in [0.1, 0.15) is 29.8 Å². The third-order valence-corrected chi connectivity index (χ3v) is 7.46. The maximum Gasteiger partial charge on any atom is 0.418 e. The number of amides is 1. The minimum Gasteiger partial charge on any atom is -0.378 e. The normalized spacial score (nSPS) is 15.0. The molecular formula is C22H26F3N3O4S. The maximum atomic E-state index is 13.7. The molecule has 1 fully saturated rings. The number of sulfonamides is 1. The van der Waals surface area contributed by atoms with Gasteiger partial charge < -0.3 is 15.0 Å². The van der Waals surface area contributed by atoms with Gasteiger partial charge in [0.25, 0.3) is 5.91 Å². The molecule has 180 valence electrons. The van der Waals surface area contributed by atoms with Crippen molar-refractivity contribution in [2.24, 2.45) is 0 Å². The van der Waals surface area contributed by atoms with Crippen molar-refractivity contribution >= 4 is 27.3 Å². The minimum absolute atomic E-state index is 0.00796. The highest BCUT2D eigenvalue weighted by molar-refractivity contribution is 7.89. The second-order valence-electron chi connectivity index (χ2n) is 7.39. The average molecular weight is 486 g/mol. The van der Waals surface area contributed by atoms with Crippen LogP contribution in [0.15, 0.2) is 47.4 Å².